The SMILES string of the molecule is CCCCCC/C=C\COC(=O)CCCCCCCOCC(OCCCCCCCC(=O)OC/C=C\CCCCCC)C(=O)N(CCCCCCCC)CCOCCOCCOCCOCCO. The van der Waals surface area contributed by atoms with E-state index in [1.807, 2.05) is 17.1 Å². The van der Waals surface area contributed by atoms with Crippen LogP contribution in [0.25, 0.3) is 0 Å². The molecule has 0 bridgehead atoms. The number of aliphatic hydroxyl groups excluding tert-OH is 1. The molecule has 0 radical (unpaired) electrons. The summed E-state index contributed by atoms with van der Waals surface area (Å²) in [5.41, 5.74) is 0. The quantitative estimate of drug-likeness (QED) is 0.0351. The van der Waals surface area contributed by atoms with Crippen molar-refractivity contribution in [3.05, 3.63) is 24.3 Å². The van der Waals surface area contributed by atoms with E-state index >= 15 is 0 Å². The predicted molar refractivity (Wildman–Crippen MR) is 274 cm³/mol. The Labute approximate surface area is 415 Å². The monoisotopic (exact) mass is 970 g/mol. The molecule has 0 aromatic carbocycles. The molecular weight excluding hydrogens is 867 g/mol. The minimum atomic E-state index is -0.700. The average Bonchev–Trinajstić information content (AvgIpc) is 3.34. The van der Waals surface area contributed by atoms with E-state index in [0.717, 1.165) is 96.3 Å². The highest BCUT2D eigenvalue weighted by Crippen LogP contribution is 2.13. The average molecular weight is 970 g/mol. The number of hydrogen-bond acceptors (Lipinski definition) is 12. The molecule has 0 aromatic rings. The smallest absolute Gasteiger partial charge is 0.306 e. The van der Waals surface area contributed by atoms with Crippen molar-refractivity contribution in [2.45, 2.75) is 207 Å². The summed E-state index contributed by atoms with van der Waals surface area (Å²) in [5, 5.41) is 8.77. The zero-order valence-electron chi connectivity index (χ0n) is 43.9. The van der Waals surface area contributed by atoms with Crippen molar-refractivity contribution >= 4 is 17.8 Å². The van der Waals surface area contributed by atoms with Crippen molar-refractivity contribution in [3.63, 3.8) is 0 Å². The molecule has 13 heteroatoms. The fourth-order valence-corrected chi connectivity index (χ4v) is 7.31. The second kappa shape index (κ2) is 55.5. The lowest BCUT2D eigenvalue weighted by Gasteiger charge is -2.28. The molecule has 0 saturated heterocycles. The lowest BCUT2D eigenvalue weighted by Crippen LogP contribution is -2.45. The number of ether oxygens (including phenoxy) is 8. The van der Waals surface area contributed by atoms with Crippen molar-refractivity contribution in [1.82, 2.24) is 4.90 Å². The number of carbonyl (C=O) groups is 3. The number of allylic oxidation sites excluding steroid dienone is 2. The van der Waals surface area contributed by atoms with Gasteiger partial charge >= 0.3 is 11.9 Å². The Balaban J connectivity index is 4.93. The van der Waals surface area contributed by atoms with E-state index < -0.39 is 6.10 Å². The molecule has 0 fully saturated rings. The Bertz CT molecular complexity index is 1140. The van der Waals surface area contributed by atoms with E-state index in [4.69, 9.17) is 43.0 Å². The number of rotatable bonds is 55. The fourth-order valence-electron chi connectivity index (χ4n) is 7.31. The van der Waals surface area contributed by atoms with Gasteiger partial charge in [-0.1, -0.05) is 154 Å². The lowest BCUT2D eigenvalue weighted by atomic mass is 10.1. The van der Waals surface area contributed by atoms with E-state index in [9.17, 15) is 14.4 Å². The summed E-state index contributed by atoms with van der Waals surface area (Å²) < 4.78 is 45.3. The molecule has 400 valence electrons. The zero-order valence-corrected chi connectivity index (χ0v) is 43.9. The van der Waals surface area contributed by atoms with Crippen molar-refractivity contribution in [2.75, 3.05) is 106 Å². The molecule has 0 rings (SSSR count). The van der Waals surface area contributed by atoms with Crippen LogP contribution in [-0.4, -0.2) is 140 Å². The van der Waals surface area contributed by atoms with Gasteiger partial charge in [0, 0.05) is 39.1 Å². The molecule has 0 spiro atoms. The van der Waals surface area contributed by atoms with Gasteiger partial charge in [-0.15, -0.1) is 0 Å². The van der Waals surface area contributed by atoms with Gasteiger partial charge in [0.25, 0.3) is 5.91 Å². The van der Waals surface area contributed by atoms with Crippen molar-refractivity contribution in [3.8, 4) is 0 Å². The van der Waals surface area contributed by atoms with Crippen LogP contribution in [0.15, 0.2) is 24.3 Å². The molecule has 13 nitrogen and oxygen atoms in total. The first-order valence-electron chi connectivity index (χ1n) is 27.5. The lowest BCUT2D eigenvalue weighted by molar-refractivity contribution is -0.149. The highest BCUT2D eigenvalue weighted by atomic mass is 16.6. The van der Waals surface area contributed by atoms with Crippen LogP contribution in [0.5, 0.6) is 0 Å². The second-order valence-corrected chi connectivity index (χ2v) is 17.7. The zero-order chi connectivity index (χ0) is 49.5. The topological polar surface area (TPSA) is 149 Å². The van der Waals surface area contributed by atoms with Crippen LogP contribution in [0.2, 0.25) is 0 Å². The standard InChI is InChI=1S/C55H103NO12/c1-4-7-10-13-16-24-32-41-67-53(58)34-27-20-18-23-30-39-65-51-52(66-40-31-26-19-21-28-35-54(59)68-42-33-25-17-14-11-8-5-2)55(60)56(36-29-22-15-12-9-6-3)37-43-61-45-47-63-49-50-64-48-46-62-44-38-57/h24-25,32-33,52,57H,4-23,26-31,34-51H2,1-3H3/b32-24-,33-25-. The molecule has 68 heavy (non-hydrogen) atoms. The first-order chi connectivity index (χ1) is 33.5. The number of esters is 2. The third kappa shape index (κ3) is 48.6. The molecule has 1 atom stereocenters. The van der Waals surface area contributed by atoms with E-state index in [-0.39, 0.29) is 31.1 Å². The van der Waals surface area contributed by atoms with Crippen LogP contribution in [0.3, 0.4) is 0 Å². The highest BCUT2D eigenvalue weighted by molar-refractivity contribution is 5.81. The minimum absolute atomic E-state index is 0.00135. The number of unbranched alkanes of at least 4 members (excludes halogenated alkanes) is 21. The maximum Gasteiger partial charge on any atom is 0.306 e. The summed E-state index contributed by atoms with van der Waals surface area (Å²) >= 11 is 0. The van der Waals surface area contributed by atoms with Crippen molar-refractivity contribution < 1.29 is 57.4 Å². The van der Waals surface area contributed by atoms with Gasteiger partial charge in [0.15, 0.2) is 6.10 Å². The predicted octanol–water partition coefficient (Wildman–Crippen LogP) is 11.5. The number of carbonyl (C=O) groups excluding carboxylic acids is 3. The summed E-state index contributed by atoms with van der Waals surface area (Å²) in [4.78, 5) is 40.3. The Hall–Kier alpha value is -2.39. The number of nitrogens with zero attached hydrogens (tertiary/aromatic N) is 1. The van der Waals surface area contributed by atoms with Gasteiger partial charge in [-0.25, -0.2) is 0 Å². The van der Waals surface area contributed by atoms with Crippen molar-refractivity contribution in [1.29, 1.82) is 0 Å². The van der Waals surface area contributed by atoms with Gasteiger partial charge in [0.1, 0.15) is 13.2 Å². The maximum absolute atomic E-state index is 14.1. The summed E-state index contributed by atoms with van der Waals surface area (Å²) in [5.74, 6) is -0.332. The maximum atomic E-state index is 14.1. The third-order valence-electron chi connectivity index (χ3n) is 11.5. The van der Waals surface area contributed by atoms with Gasteiger partial charge < -0.3 is 47.9 Å². The molecule has 0 aliphatic rings. The van der Waals surface area contributed by atoms with Gasteiger partial charge in [-0.3, -0.25) is 14.4 Å². The largest absolute Gasteiger partial charge is 0.461 e. The molecule has 0 aliphatic carbocycles. The van der Waals surface area contributed by atoms with Crippen LogP contribution in [-0.2, 0) is 52.3 Å². The van der Waals surface area contributed by atoms with E-state index in [0.29, 0.717) is 105 Å². The van der Waals surface area contributed by atoms with Gasteiger partial charge in [-0.05, 0) is 57.8 Å². The number of aliphatic hydroxyl groups is 1. The van der Waals surface area contributed by atoms with Crippen LogP contribution >= 0.6 is 0 Å². The Morgan fingerprint density at radius 3 is 1.37 bits per heavy atom. The van der Waals surface area contributed by atoms with E-state index in [2.05, 4.69) is 32.9 Å². The molecule has 0 saturated carbocycles. The van der Waals surface area contributed by atoms with Crippen molar-refractivity contribution in [2.24, 2.45) is 0 Å². The van der Waals surface area contributed by atoms with Gasteiger partial charge in [0.2, 0.25) is 0 Å². The summed E-state index contributed by atoms with van der Waals surface area (Å²) in [6.07, 6.45) is 36.2. The summed E-state index contributed by atoms with van der Waals surface area (Å²) in [6, 6.07) is 0. The van der Waals surface area contributed by atoms with Crippen LogP contribution < -0.4 is 0 Å². The van der Waals surface area contributed by atoms with Crippen LogP contribution in [0.4, 0.5) is 0 Å². The first kappa shape index (κ1) is 65.6. The van der Waals surface area contributed by atoms with Crippen LogP contribution in [0, 0.1) is 0 Å². The summed E-state index contributed by atoms with van der Waals surface area (Å²) in [6.45, 7) is 13.0. The van der Waals surface area contributed by atoms with Gasteiger partial charge in [-0.2, -0.15) is 0 Å². The molecule has 1 amide bonds. The number of amides is 1. The highest BCUT2D eigenvalue weighted by Gasteiger charge is 2.25. The normalized spacial score (nSPS) is 12.1. The van der Waals surface area contributed by atoms with Crippen LogP contribution in [0.1, 0.15) is 201 Å². The summed E-state index contributed by atoms with van der Waals surface area (Å²) in [7, 11) is 0. The molecule has 0 heterocycles. The Kier molecular flexibility index (Phi) is 53.6. The van der Waals surface area contributed by atoms with E-state index in [1.165, 1.54) is 70.6 Å². The molecule has 1 N–H and O–H groups in total. The van der Waals surface area contributed by atoms with E-state index in [1.54, 1.807) is 0 Å². The molecular formula is C55H103NO12. The molecule has 1 unspecified atom stereocenters. The Morgan fingerprint density at radius 1 is 0.426 bits per heavy atom. The van der Waals surface area contributed by atoms with Gasteiger partial charge in [0.05, 0.1) is 66.1 Å². The first-order valence-corrected chi connectivity index (χ1v) is 27.5. The molecule has 0 aliphatic heterocycles. The minimum Gasteiger partial charge on any atom is -0.461 e. The number of hydrogen-bond donors (Lipinski definition) is 1. The second-order valence-electron chi connectivity index (χ2n) is 17.7. The molecule has 0 aromatic heterocycles. The fraction of sp³-hybridized carbons (Fsp3) is 0.873. The third-order valence-corrected chi connectivity index (χ3v) is 11.5. The Morgan fingerprint density at radius 2 is 0.853 bits per heavy atom.